The van der Waals surface area contributed by atoms with Crippen LogP contribution in [-0.4, -0.2) is 37.1 Å². The lowest BCUT2D eigenvalue weighted by Gasteiger charge is -2.39. The van der Waals surface area contributed by atoms with Crippen LogP contribution >= 0.6 is 0 Å². The summed E-state index contributed by atoms with van der Waals surface area (Å²) in [7, 11) is 0. The predicted octanol–water partition coefficient (Wildman–Crippen LogP) is 1.84. The third-order valence-corrected chi connectivity index (χ3v) is 3.95. The molecule has 1 unspecified atom stereocenters. The molecule has 0 aromatic heterocycles. The van der Waals surface area contributed by atoms with Gasteiger partial charge in [-0.15, -0.1) is 0 Å². The van der Waals surface area contributed by atoms with Crippen LogP contribution in [0.1, 0.15) is 18.4 Å². The van der Waals surface area contributed by atoms with Crippen molar-refractivity contribution in [1.82, 2.24) is 4.90 Å². The lowest BCUT2D eigenvalue weighted by atomic mass is 10.1. The second kappa shape index (κ2) is 4.38. The van der Waals surface area contributed by atoms with Crippen LogP contribution in [0, 0.1) is 11.3 Å². The molecule has 3 nitrogen and oxygen atoms in total. The summed E-state index contributed by atoms with van der Waals surface area (Å²) in [5, 5.41) is 9.15. The van der Waals surface area contributed by atoms with E-state index < -0.39 is 0 Å². The van der Waals surface area contributed by atoms with Gasteiger partial charge in [0.15, 0.2) is 0 Å². The van der Waals surface area contributed by atoms with E-state index in [9.17, 15) is 0 Å². The van der Waals surface area contributed by atoms with Crippen LogP contribution < -0.4 is 4.90 Å². The van der Waals surface area contributed by atoms with Crippen LogP contribution in [0.5, 0.6) is 0 Å². The van der Waals surface area contributed by atoms with Crippen LogP contribution in [0.2, 0.25) is 0 Å². The number of anilines is 1. The highest BCUT2D eigenvalue weighted by molar-refractivity contribution is 5.59. The largest absolute Gasteiger partial charge is 0.368 e. The van der Waals surface area contributed by atoms with Gasteiger partial charge < -0.3 is 4.90 Å². The van der Waals surface area contributed by atoms with Crippen molar-refractivity contribution >= 4 is 5.69 Å². The Morgan fingerprint density at radius 3 is 2.94 bits per heavy atom. The molecule has 0 N–H and O–H groups in total. The minimum Gasteiger partial charge on any atom is -0.368 e. The smallest absolute Gasteiger partial charge is 0.101 e. The predicted molar refractivity (Wildman–Crippen MR) is 68.0 cm³/mol. The van der Waals surface area contributed by atoms with E-state index in [0.717, 1.165) is 30.9 Å². The van der Waals surface area contributed by atoms with Gasteiger partial charge in [0.1, 0.15) is 6.07 Å². The summed E-state index contributed by atoms with van der Waals surface area (Å²) in [5.41, 5.74) is 1.92. The van der Waals surface area contributed by atoms with E-state index >= 15 is 0 Å². The van der Waals surface area contributed by atoms with Gasteiger partial charge in [0.25, 0.3) is 0 Å². The standard InChI is InChI=1S/C14H17N3/c15-10-12-4-1-2-6-14(12)17-9-8-16-7-3-5-13(16)11-17/h1-2,4,6,13H,3,5,7-9,11H2. The van der Waals surface area contributed by atoms with Gasteiger partial charge in [0.05, 0.1) is 11.3 Å². The highest BCUT2D eigenvalue weighted by Crippen LogP contribution is 2.27. The minimum atomic E-state index is 0.704. The number of hydrogen-bond acceptors (Lipinski definition) is 3. The average molecular weight is 227 g/mol. The van der Waals surface area contributed by atoms with Crippen molar-refractivity contribution in [3.63, 3.8) is 0 Å². The molecule has 2 fully saturated rings. The van der Waals surface area contributed by atoms with Crippen molar-refractivity contribution < 1.29 is 0 Å². The van der Waals surface area contributed by atoms with E-state index in [1.165, 1.54) is 19.4 Å². The third kappa shape index (κ3) is 1.89. The van der Waals surface area contributed by atoms with Crippen molar-refractivity contribution in [2.24, 2.45) is 0 Å². The molecule has 0 saturated carbocycles. The highest BCUT2D eigenvalue weighted by atomic mass is 15.3. The van der Waals surface area contributed by atoms with Gasteiger partial charge in [-0.05, 0) is 31.5 Å². The molecular formula is C14H17N3. The monoisotopic (exact) mass is 227 g/mol. The number of para-hydroxylation sites is 1. The lowest BCUT2D eigenvalue weighted by molar-refractivity contribution is 0.231. The number of benzene rings is 1. The minimum absolute atomic E-state index is 0.704. The van der Waals surface area contributed by atoms with Crippen molar-refractivity contribution in [3.8, 4) is 6.07 Å². The maximum Gasteiger partial charge on any atom is 0.101 e. The molecule has 17 heavy (non-hydrogen) atoms. The Kier molecular flexibility index (Phi) is 2.74. The fraction of sp³-hybridized carbons (Fsp3) is 0.500. The topological polar surface area (TPSA) is 30.3 Å². The molecule has 0 amide bonds. The molecule has 1 atom stereocenters. The third-order valence-electron chi connectivity index (χ3n) is 3.95. The van der Waals surface area contributed by atoms with E-state index in [0.29, 0.717) is 6.04 Å². The first-order chi connectivity index (χ1) is 8.38. The number of fused-ring (bicyclic) bond motifs is 1. The Bertz CT molecular complexity index is 449. The lowest BCUT2D eigenvalue weighted by Crippen LogP contribution is -2.50. The molecule has 2 heterocycles. The Morgan fingerprint density at radius 2 is 2.06 bits per heavy atom. The van der Waals surface area contributed by atoms with Gasteiger partial charge in [-0.2, -0.15) is 5.26 Å². The van der Waals surface area contributed by atoms with Crippen LogP contribution in [0.25, 0.3) is 0 Å². The van der Waals surface area contributed by atoms with Gasteiger partial charge in [-0.25, -0.2) is 0 Å². The Labute approximate surface area is 102 Å². The molecule has 2 saturated heterocycles. The van der Waals surface area contributed by atoms with Crippen LogP contribution in [0.3, 0.4) is 0 Å². The van der Waals surface area contributed by atoms with Crippen molar-refractivity contribution in [1.29, 1.82) is 5.26 Å². The molecule has 88 valence electrons. The molecule has 3 rings (SSSR count). The zero-order valence-electron chi connectivity index (χ0n) is 9.97. The Hall–Kier alpha value is -1.53. The van der Waals surface area contributed by atoms with Crippen molar-refractivity contribution in [3.05, 3.63) is 29.8 Å². The van der Waals surface area contributed by atoms with Gasteiger partial charge in [0, 0.05) is 25.7 Å². The molecule has 2 aliphatic heterocycles. The molecule has 1 aromatic carbocycles. The van der Waals surface area contributed by atoms with Gasteiger partial charge >= 0.3 is 0 Å². The fourth-order valence-corrected chi connectivity index (χ4v) is 3.05. The van der Waals surface area contributed by atoms with Crippen molar-refractivity contribution in [2.75, 3.05) is 31.1 Å². The van der Waals surface area contributed by atoms with E-state index in [4.69, 9.17) is 5.26 Å². The van der Waals surface area contributed by atoms with Gasteiger partial charge in [0.2, 0.25) is 0 Å². The summed E-state index contributed by atoms with van der Waals surface area (Å²) in [6, 6.07) is 11.0. The fourth-order valence-electron chi connectivity index (χ4n) is 3.05. The van der Waals surface area contributed by atoms with E-state index in [1.54, 1.807) is 0 Å². The second-order valence-corrected chi connectivity index (χ2v) is 4.91. The van der Waals surface area contributed by atoms with E-state index in [-0.39, 0.29) is 0 Å². The number of piperazine rings is 1. The molecule has 0 bridgehead atoms. The Balaban J connectivity index is 1.83. The molecule has 1 aromatic rings. The first-order valence-electron chi connectivity index (χ1n) is 6.36. The number of nitriles is 1. The molecule has 0 radical (unpaired) electrons. The molecule has 0 aliphatic carbocycles. The number of rotatable bonds is 1. The van der Waals surface area contributed by atoms with E-state index in [2.05, 4.69) is 21.9 Å². The van der Waals surface area contributed by atoms with Crippen LogP contribution in [0.4, 0.5) is 5.69 Å². The first kappa shape index (κ1) is 10.6. The maximum atomic E-state index is 9.15. The van der Waals surface area contributed by atoms with Crippen LogP contribution in [-0.2, 0) is 0 Å². The van der Waals surface area contributed by atoms with E-state index in [1.807, 2.05) is 18.2 Å². The van der Waals surface area contributed by atoms with Crippen LogP contribution in [0.15, 0.2) is 24.3 Å². The molecule has 0 spiro atoms. The number of nitrogens with zero attached hydrogens (tertiary/aromatic N) is 3. The summed E-state index contributed by atoms with van der Waals surface area (Å²) < 4.78 is 0. The summed E-state index contributed by atoms with van der Waals surface area (Å²) in [6.45, 7) is 4.54. The van der Waals surface area contributed by atoms with Crippen molar-refractivity contribution in [2.45, 2.75) is 18.9 Å². The maximum absolute atomic E-state index is 9.15. The molecular weight excluding hydrogens is 210 g/mol. The molecule has 3 heteroatoms. The summed E-state index contributed by atoms with van der Waals surface area (Å²) in [5.74, 6) is 0. The molecule has 2 aliphatic rings. The second-order valence-electron chi connectivity index (χ2n) is 4.91. The van der Waals surface area contributed by atoms with Gasteiger partial charge in [-0.1, -0.05) is 12.1 Å². The zero-order chi connectivity index (χ0) is 11.7. The summed E-state index contributed by atoms with van der Waals surface area (Å²) >= 11 is 0. The summed E-state index contributed by atoms with van der Waals surface area (Å²) in [4.78, 5) is 4.97. The van der Waals surface area contributed by atoms with Gasteiger partial charge in [-0.3, -0.25) is 4.90 Å². The zero-order valence-corrected chi connectivity index (χ0v) is 9.97. The highest BCUT2D eigenvalue weighted by Gasteiger charge is 2.31. The quantitative estimate of drug-likeness (QED) is 0.733. The first-order valence-corrected chi connectivity index (χ1v) is 6.36. The number of hydrogen-bond donors (Lipinski definition) is 0. The SMILES string of the molecule is N#Cc1ccccc1N1CCN2CCCC2C1. The summed E-state index contributed by atoms with van der Waals surface area (Å²) in [6.07, 6.45) is 2.64. The Morgan fingerprint density at radius 1 is 1.18 bits per heavy atom. The normalized spacial score (nSPS) is 24.4. The average Bonchev–Trinajstić information content (AvgIpc) is 2.85.